The Hall–Kier alpha value is -2.89. The molecule has 0 aliphatic carbocycles. The van der Waals surface area contributed by atoms with Crippen LogP contribution in [0.3, 0.4) is 0 Å². The van der Waals surface area contributed by atoms with E-state index in [2.05, 4.69) is 15.4 Å². The molecule has 0 fully saturated rings. The number of H-pyrrole nitrogens is 1. The van der Waals surface area contributed by atoms with Crippen LogP contribution in [0.2, 0.25) is 0 Å². The summed E-state index contributed by atoms with van der Waals surface area (Å²) < 4.78 is 1.59. The summed E-state index contributed by atoms with van der Waals surface area (Å²) in [5.41, 5.74) is 1.48. The Morgan fingerprint density at radius 2 is 2.05 bits per heavy atom. The lowest BCUT2D eigenvalue weighted by Crippen LogP contribution is -2.18. The van der Waals surface area contributed by atoms with Crippen molar-refractivity contribution in [2.24, 2.45) is 7.05 Å². The highest BCUT2D eigenvalue weighted by atomic mass is 16.2. The van der Waals surface area contributed by atoms with E-state index in [-0.39, 0.29) is 11.5 Å². The van der Waals surface area contributed by atoms with Gasteiger partial charge in [-0.05, 0) is 13.0 Å². The van der Waals surface area contributed by atoms with Gasteiger partial charge in [-0.1, -0.05) is 18.2 Å². The quantitative estimate of drug-likeness (QED) is 0.752. The number of benzene rings is 1. The van der Waals surface area contributed by atoms with Gasteiger partial charge in [-0.3, -0.25) is 14.3 Å². The number of nitrogens with zero attached hydrogens (tertiary/aromatic N) is 2. The van der Waals surface area contributed by atoms with Crippen molar-refractivity contribution in [3.63, 3.8) is 0 Å². The average Bonchev–Trinajstić information content (AvgIpc) is 2.75. The lowest BCUT2D eigenvalue weighted by atomic mass is 10.1. The van der Waals surface area contributed by atoms with Crippen molar-refractivity contribution in [2.45, 2.75) is 6.92 Å². The number of aryl methyl sites for hydroxylation is 2. The number of rotatable bonds is 2. The minimum atomic E-state index is -0.333. The number of carbonyl (C=O) groups is 1. The van der Waals surface area contributed by atoms with Crippen LogP contribution in [0.25, 0.3) is 10.9 Å². The molecular weight excluding hydrogens is 268 g/mol. The molecule has 0 atom stereocenters. The largest absolute Gasteiger partial charge is 0.322 e. The molecule has 0 aliphatic heterocycles. The molecule has 6 heteroatoms. The van der Waals surface area contributed by atoms with Gasteiger partial charge in [0, 0.05) is 30.1 Å². The molecule has 21 heavy (non-hydrogen) atoms. The van der Waals surface area contributed by atoms with Crippen LogP contribution in [0.4, 0.5) is 5.82 Å². The van der Waals surface area contributed by atoms with Crippen LogP contribution in [-0.2, 0) is 7.05 Å². The lowest BCUT2D eigenvalue weighted by Gasteiger charge is -2.07. The molecule has 3 aromatic rings. The normalized spacial score (nSPS) is 10.8. The van der Waals surface area contributed by atoms with Crippen molar-refractivity contribution >= 4 is 22.6 Å². The standard InChI is InChI=1S/C15H14N4O2/c1-9-7-13(19(2)18-9)17-15(21)11-8-14(20)16-12-6-4-3-5-10(11)12/h3-8H,1-2H3,(H,16,20)(H,17,21). The third kappa shape index (κ3) is 2.43. The smallest absolute Gasteiger partial charge is 0.257 e. The number of carbonyl (C=O) groups excluding carboxylic acids is 1. The molecule has 6 nitrogen and oxygen atoms in total. The predicted octanol–water partition coefficient (Wildman–Crippen LogP) is 1.82. The SMILES string of the molecule is Cc1cc(NC(=O)c2cc(=O)[nH]c3ccccc23)n(C)n1. The second kappa shape index (κ2) is 4.90. The highest BCUT2D eigenvalue weighted by Crippen LogP contribution is 2.16. The van der Waals surface area contributed by atoms with Gasteiger partial charge < -0.3 is 10.3 Å². The van der Waals surface area contributed by atoms with Crippen LogP contribution in [0, 0.1) is 6.92 Å². The Morgan fingerprint density at radius 1 is 1.29 bits per heavy atom. The maximum atomic E-state index is 12.4. The number of para-hydroxylation sites is 1. The Bertz CT molecular complexity index is 892. The van der Waals surface area contributed by atoms with Crippen LogP contribution in [0.15, 0.2) is 41.2 Å². The molecule has 1 amide bonds. The molecule has 2 aromatic heterocycles. The fourth-order valence-electron chi connectivity index (χ4n) is 2.30. The highest BCUT2D eigenvalue weighted by Gasteiger charge is 2.13. The number of aromatic amines is 1. The van der Waals surface area contributed by atoms with E-state index in [1.165, 1.54) is 6.07 Å². The Balaban J connectivity index is 2.06. The number of hydrogen-bond donors (Lipinski definition) is 2. The summed E-state index contributed by atoms with van der Waals surface area (Å²) in [5, 5.41) is 7.65. The molecule has 2 N–H and O–H groups in total. The van der Waals surface area contributed by atoms with E-state index in [1.54, 1.807) is 29.9 Å². The zero-order chi connectivity index (χ0) is 15.0. The van der Waals surface area contributed by atoms with Gasteiger partial charge in [-0.25, -0.2) is 0 Å². The fraction of sp³-hybridized carbons (Fsp3) is 0.133. The third-order valence-electron chi connectivity index (χ3n) is 3.24. The van der Waals surface area contributed by atoms with Gasteiger partial charge >= 0.3 is 0 Å². The molecule has 0 saturated carbocycles. The number of anilines is 1. The average molecular weight is 282 g/mol. The monoisotopic (exact) mass is 282 g/mol. The number of pyridine rings is 1. The summed E-state index contributed by atoms with van der Waals surface area (Å²) in [5.74, 6) is 0.252. The van der Waals surface area contributed by atoms with E-state index < -0.39 is 0 Å². The maximum absolute atomic E-state index is 12.4. The minimum Gasteiger partial charge on any atom is -0.322 e. The first-order valence-electron chi connectivity index (χ1n) is 6.48. The summed E-state index contributed by atoms with van der Waals surface area (Å²) in [6.45, 7) is 1.85. The number of nitrogens with one attached hydrogen (secondary N) is 2. The van der Waals surface area contributed by atoms with Crippen molar-refractivity contribution in [1.82, 2.24) is 14.8 Å². The van der Waals surface area contributed by atoms with E-state index in [9.17, 15) is 9.59 Å². The number of aromatic nitrogens is 3. The molecule has 0 unspecified atom stereocenters. The van der Waals surface area contributed by atoms with Crippen molar-refractivity contribution in [1.29, 1.82) is 0 Å². The second-order valence-corrected chi connectivity index (χ2v) is 4.84. The summed E-state index contributed by atoms with van der Waals surface area (Å²) in [6.07, 6.45) is 0. The first-order valence-corrected chi connectivity index (χ1v) is 6.48. The van der Waals surface area contributed by atoms with Crippen molar-refractivity contribution in [3.8, 4) is 0 Å². The van der Waals surface area contributed by atoms with Crippen LogP contribution >= 0.6 is 0 Å². The Morgan fingerprint density at radius 3 is 2.76 bits per heavy atom. The van der Waals surface area contributed by atoms with Crippen LogP contribution < -0.4 is 10.9 Å². The number of fused-ring (bicyclic) bond motifs is 1. The molecule has 0 radical (unpaired) electrons. The molecular formula is C15H14N4O2. The van der Waals surface area contributed by atoms with E-state index >= 15 is 0 Å². The van der Waals surface area contributed by atoms with Gasteiger partial charge in [0.05, 0.1) is 11.3 Å². The molecule has 0 bridgehead atoms. The highest BCUT2D eigenvalue weighted by molar-refractivity contribution is 6.11. The lowest BCUT2D eigenvalue weighted by molar-refractivity contribution is 0.102. The van der Waals surface area contributed by atoms with Gasteiger partial charge in [-0.2, -0.15) is 5.10 Å². The van der Waals surface area contributed by atoms with Gasteiger partial charge in [0.15, 0.2) is 0 Å². The molecule has 0 spiro atoms. The van der Waals surface area contributed by atoms with Gasteiger partial charge in [0.25, 0.3) is 5.91 Å². The summed E-state index contributed by atoms with van der Waals surface area (Å²) >= 11 is 0. The number of hydrogen-bond acceptors (Lipinski definition) is 3. The van der Waals surface area contributed by atoms with E-state index in [0.717, 1.165) is 5.69 Å². The molecule has 0 saturated heterocycles. The van der Waals surface area contributed by atoms with Gasteiger partial charge in [0.1, 0.15) is 5.82 Å². The molecule has 0 aliphatic rings. The molecule has 2 heterocycles. The van der Waals surface area contributed by atoms with Gasteiger partial charge in [0.2, 0.25) is 5.56 Å². The van der Waals surface area contributed by atoms with E-state index in [0.29, 0.717) is 22.3 Å². The zero-order valence-corrected chi connectivity index (χ0v) is 11.7. The van der Waals surface area contributed by atoms with E-state index in [4.69, 9.17) is 0 Å². The Labute approximate surface area is 120 Å². The van der Waals surface area contributed by atoms with Crippen LogP contribution in [0.5, 0.6) is 0 Å². The van der Waals surface area contributed by atoms with Crippen molar-refractivity contribution in [2.75, 3.05) is 5.32 Å². The van der Waals surface area contributed by atoms with E-state index in [1.807, 2.05) is 19.1 Å². The molecule has 3 rings (SSSR count). The number of amides is 1. The molecule has 106 valence electrons. The van der Waals surface area contributed by atoms with Crippen LogP contribution in [0.1, 0.15) is 16.1 Å². The minimum absolute atomic E-state index is 0.306. The summed E-state index contributed by atoms with van der Waals surface area (Å²) in [6, 6.07) is 10.3. The predicted molar refractivity (Wildman–Crippen MR) is 80.5 cm³/mol. The van der Waals surface area contributed by atoms with Crippen molar-refractivity contribution < 1.29 is 4.79 Å². The first-order chi connectivity index (χ1) is 10.0. The molecule has 1 aromatic carbocycles. The van der Waals surface area contributed by atoms with Crippen LogP contribution in [-0.4, -0.2) is 20.7 Å². The fourth-order valence-corrected chi connectivity index (χ4v) is 2.30. The summed E-state index contributed by atoms with van der Waals surface area (Å²) in [4.78, 5) is 26.8. The Kier molecular flexibility index (Phi) is 3.06. The second-order valence-electron chi connectivity index (χ2n) is 4.84. The van der Waals surface area contributed by atoms with Crippen molar-refractivity contribution in [3.05, 3.63) is 58.0 Å². The topological polar surface area (TPSA) is 79.8 Å². The first kappa shape index (κ1) is 13.1. The van der Waals surface area contributed by atoms with Gasteiger partial charge in [-0.15, -0.1) is 0 Å². The third-order valence-corrected chi connectivity index (χ3v) is 3.24. The summed E-state index contributed by atoms with van der Waals surface area (Å²) in [7, 11) is 1.75. The maximum Gasteiger partial charge on any atom is 0.257 e. The zero-order valence-electron chi connectivity index (χ0n) is 11.7.